The predicted octanol–water partition coefficient (Wildman–Crippen LogP) is 3.59. The lowest BCUT2D eigenvalue weighted by Gasteiger charge is -2.32. The summed E-state index contributed by atoms with van der Waals surface area (Å²) in [5.74, 6) is 0.452. The number of carbonyl (C=O) groups is 1. The molecule has 1 aromatic carbocycles. The summed E-state index contributed by atoms with van der Waals surface area (Å²) in [6, 6.07) is 9.95. The second-order valence-corrected chi connectivity index (χ2v) is 7.18. The molecule has 0 bridgehead atoms. The van der Waals surface area contributed by atoms with E-state index in [4.69, 9.17) is 0 Å². The molecule has 0 aliphatic carbocycles. The molecule has 5 heteroatoms. The van der Waals surface area contributed by atoms with Gasteiger partial charge in [0.1, 0.15) is 0 Å². The smallest absolute Gasteiger partial charge is 0.168 e. The molecule has 1 saturated heterocycles. The van der Waals surface area contributed by atoms with Gasteiger partial charge in [0.05, 0.1) is 0 Å². The highest BCUT2D eigenvalue weighted by Crippen LogP contribution is 2.26. The van der Waals surface area contributed by atoms with Crippen LogP contribution in [0.1, 0.15) is 29.6 Å². The van der Waals surface area contributed by atoms with Crippen molar-refractivity contribution in [1.29, 1.82) is 0 Å². The van der Waals surface area contributed by atoms with Gasteiger partial charge in [-0.3, -0.25) is 9.48 Å². The fraction of sp³-hybridized carbons (Fsp3) is 0.474. The van der Waals surface area contributed by atoms with Crippen LogP contribution in [0.25, 0.3) is 0 Å². The van der Waals surface area contributed by atoms with E-state index in [1.165, 1.54) is 0 Å². The number of ketones is 1. The Morgan fingerprint density at radius 3 is 2.96 bits per heavy atom. The minimum Gasteiger partial charge on any atom is -0.303 e. The molecule has 0 saturated carbocycles. The molecule has 0 N–H and O–H groups in total. The Labute approximate surface area is 148 Å². The first-order valence-corrected chi connectivity index (χ1v) is 9.87. The number of nitrogens with zero attached hydrogens (tertiary/aromatic N) is 3. The highest BCUT2D eigenvalue weighted by molar-refractivity contribution is 7.98. The number of benzene rings is 1. The maximum absolute atomic E-state index is 12.9. The molecule has 2 heterocycles. The third kappa shape index (κ3) is 4.28. The lowest BCUT2D eigenvalue weighted by Crippen LogP contribution is -2.39. The van der Waals surface area contributed by atoms with Gasteiger partial charge >= 0.3 is 0 Å². The normalized spacial score (nSPS) is 18.6. The Balaban J connectivity index is 1.55. The van der Waals surface area contributed by atoms with Crippen LogP contribution in [0.4, 0.5) is 0 Å². The molecule has 1 aliphatic rings. The number of thioether (sulfide) groups is 1. The van der Waals surface area contributed by atoms with Crippen molar-refractivity contribution >= 4 is 17.5 Å². The van der Waals surface area contributed by atoms with E-state index < -0.39 is 0 Å². The third-order valence-electron chi connectivity index (χ3n) is 4.67. The molecule has 0 radical (unpaired) electrons. The van der Waals surface area contributed by atoms with Crippen molar-refractivity contribution in [1.82, 2.24) is 14.7 Å². The maximum Gasteiger partial charge on any atom is 0.168 e. The first kappa shape index (κ1) is 17.2. The molecule has 2 aromatic rings. The Morgan fingerprint density at radius 1 is 1.29 bits per heavy atom. The molecule has 1 unspecified atom stereocenters. The summed E-state index contributed by atoms with van der Waals surface area (Å²) in [5, 5.41) is 4.24. The molecule has 1 aromatic heterocycles. The summed E-state index contributed by atoms with van der Waals surface area (Å²) < 4.78 is 1.97. The quantitative estimate of drug-likeness (QED) is 0.569. The fourth-order valence-electron chi connectivity index (χ4n) is 3.43. The molecule has 4 nitrogen and oxygen atoms in total. The van der Waals surface area contributed by atoms with E-state index in [9.17, 15) is 4.79 Å². The van der Waals surface area contributed by atoms with Crippen LogP contribution in [0.5, 0.6) is 0 Å². The molecule has 3 rings (SSSR count). The van der Waals surface area contributed by atoms with Gasteiger partial charge in [-0.25, -0.2) is 0 Å². The average Bonchev–Trinajstić information content (AvgIpc) is 3.15. The van der Waals surface area contributed by atoms with Crippen molar-refractivity contribution in [3.8, 4) is 0 Å². The van der Waals surface area contributed by atoms with Crippen LogP contribution in [0.15, 0.2) is 47.6 Å². The maximum atomic E-state index is 12.9. The molecular weight excluding hydrogens is 318 g/mol. The van der Waals surface area contributed by atoms with Crippen LogP contribution >= 0.6 is 11.8 Å². The van der Waals surface area contributed by atoms with E-state index in [2.05, 4.69) is 10.00 Å². The van der Waals surface area contributed by atoms with Crippen molar-refractivity contribution < 1.29 is 4.79 Å². The van der Waals surface area contributed by atoms with Crippen molar-refractivity contribution in [3.05, 3.63) is 48.3 Å². The largest absolute Gasteiger partial charge is 0.303 e. The van der Waals surface area contributed by atoms with Crippen LogP contribution < -0.4 is 0 Å². The molecular formula is C19H25N3OS. The molecule has 1 fully saturated rings. The Kier molecular flexibility index (Phi) is 6.10. The van der Waals surface area contributed by atoms with E-state index in [1.807, 2.05) is 53.7 Å². The molecule has 1 aliphatic heterocycles. The lowest BCUT2D eigenvalue weighted by molar-refractivity contribution is 0.0814. The number of hydrogen-bond donors (Lipinski definition) is 0. The lowest BCUT2D eigenvalue weighted by atomic mass is 9.90. The zero-order chi connectivity index (χ0) is 16.8. The summed E-state index contributed by atoms with van der Waals surface area (Å²) in [7, 11) is 0. The van der Waals surface area contributed by atoms with E-state index in [0.717, 1.165) is 55.9 Å². The molecule has 0 spiro atoms. The first-order valence-electron chi connectivity index (χ1n) is 8.65. The monoisotopic (exact) mass is 343 g/mol. The van der Waals surface area contributed by atoms with Crippen molar-refractivity contribution in [2.45, 2.75) is 30.7 Å². The molecule has 24 heavy (non-hydrogen) atoms. The third-order valence-corrected chi connectivity index (χ3v) is 5.47. The fourth-order valence-corrected chi connectivity index (χ4v) is 4.03. The number of hydrogen-bond acceptors (Lipinski definition) is 4. The Morgan fingerprint density at radius 2 is 2.17 bits per heavy atom. The topological polar surface area (TPSA) is 38.1 Å². The minimum atomic E-state index is 0.136. The number of aryl methyl sites for hydroxylation is 1. The summed E-state index contributed by atoms with van der Waals surface area (Å²) in [4.78, 5) is 16.5. The standard InChI is InChI=1S/C19H25N3OS/c1-24-18-9-3-2-8-17(18)19(23)16-7-4-11-21(15-16)12-6-14-22-13-5-10-20-22/h2-3,5,8-10,13,16H,4,6-7,11-12,14-15H2,1H3. The van der Waals surface area contributed by atoms with Crippen molar-refractivity contribution in [3.63, 3.8) is 0 Å². The van der Waals surface area contributed by atoms with Gasteiger partial charge in [0, 0.05) is 41.9 Å². The number of likely N-dealkylation sites (tertiary alicyclic amines) is 1. The van der Waals surface area contributed by atoms with Crippen LogP contribution in [-0.2, 0) is 6.54 Å². The second-order valence-electron chi connectivity index (χ2n) is 6.33. The van der Waals surface area contributed by atoms with Crippen LogP contribution in [-0.4, -0.2) is 46.4 Å². The summed E-state index contributed by atoms with van der Waals surface area (Å²) >= 11 is 1.66. The number of aromatic nitrogens is 2. The Hall–Kier alpha value is -1.59. The summed E-state index contributed by atoms with van der Waals surface area (Å²) in [6.45, 7) is 3.97. The summed E-state index contributed by atoms with van der Waals surface area (Å²) in [5.41, 5.74) is 0.897. The second kappa shape index (κ2) is 8.49. The van der Waals surface area contributed by atoms with Crippen molar-refractivity contribution in [2.24, 2.45) is 5.92 Å². The highest BCUT2D eigenvalue weighted by Gasteiger charge is 2.27. The van der Waals surface area contributed by atoms with Gasteiger partial charge in [0.15, 0.2) is 5.78 Å². The molecule has 1 atom stereocenters. The van der Waals surface area contributed by atoms with Crippen LogP contribution in [0, 0.1) is 5.92 Å². The number of rotatable bonds is 7. The SMILES string of the molecule is CSc1ccccc1C(=O)C1CCCN(CCCn2cccn2)C1. The van der Waals surface area contributed by atoms with E-state index in [0.29, 0.717) is 5.78 Å². The van der Waals surface area contributed by atoms with Gasteiger partial charge in [-0.1, -0.05) is 18.2 Å². The average molecular weight is 343 g/mol. The van der Waals surface area contributed by atoms with E-state index in [1.54, 1.807) is 11.8 Å². The summed E-state index contributed by atoms with van der Waals surface area (Å²) in [6.07, 6.45) is 9.05. The highest BCUT2D eigenvalue weighted by atomic mass is 32.2. The van der Waals surface area contributed by atoms with Gasteiger partial charge in [-0.2, -0.15) is 5.10 Å². The van der Waals surface area contributed by atoms with Gasteiger partial charge in [0.2, 0.25) is 0 Å². The number of piperidine rings is 1. The van der Waals surface area contributed by atoms with Crippen LogP contribution in [0.2, 0.25) is 0 Å². The minimum absolute atomic E-state index is 0.136. The number of Topliss-reactive ketones (excluding diaryl/α,β-unsaturated/α-hetero) is 1. The van der Waals surface area contributed by atoms with Gasteiger partial charge in [0.25, 0.3) is 0 Å². The van der Waals surface area contributed by atoms with Gasteiger partial charge < -0.3 is 4.90 Å². The first-order chi connectivity index (χ1) is 11.8. The van der Waals surface area contributed by atoms with E-state index >= 15 is 0 Å². The molecule has 128 valence electrons. The Bertz CT molecular complexity index is 656. The predicted molar refractivity (Wildman–Crippen MR) is 98.6 cm³/mol. The molecule has 0 amide bonds. The van der Waals surface area contributed by atoms with Crippen molar-refractivity contribution in [2.75, 3.05) is 25.9 Å². The van der Waals surface area contributed by atoms with E-state index in [-0.39, 0.29) is 5.92 Å². The van der Waals surface area contributed by atoms with Gasteiger partial charge in [-0.05, 0) is 50.7 Å². The number of carbonyl (C=O) groups excluding carboxylic acids is 1. The van der Waals surface area contributed by atoms with Crippen LogP contribution in [0.3, 0.4) is 0 Å². The zero-order valence-corrected chi connectivity index (χ0v) is 15.0. The van der Waals surface area contributed by atoms with Gasteiger partial charge in [-0.15, -0.1) is 11.8 Å². The zero-order valence-electron chi connectivity index (χ0n) is 14.2.